The zero-order chi connectivity index (χ0) is 35.6. The van der Waals surface area contributed by atoms with Crippen molar-refractivity contribution in [2.45, 2.75) is 0 Å². The molecular formula is C29H35N7O5S. The van der Waals surface area contributed by atoms with Crippen LogP contribution in [0, 0.1) is 0 Å². The summed E-state index contributed by atoms with van der Waals surface area (Å²) in [5, 5.41) is 6.64. The lowest BCUT2D eigenvalue weighted by Gasteiger charge is -2.26. The first-order valence-corrected chi connectivity index (χ1v) is 14.4. The van der Waals surface area contributed by atoms with Crippen molar-refractivity contribution in [1.29, 1.82) is 0 Å². The number of aromatic nitrogens is 3. The fraction of sp³-hybridized carbons (Fsp3) is 0.276. The van der Waals surface area contributed by atoms with Crippen LogP contribution in [0.15, 0.2) is 67.2 Å². The number of nitrogens with one attached hydrogen (secondary N) is 2. The van der Waals surface area contributed by atoms with Crippen molar-refractivity contribution in [1.82, 2.24) is 19.4 Å². The van der Waals surface area contributed by atoms with Crippen molar-refractivity contribution >= 4 is 49.9 Å². The molecule has 4 rings (SSSR count). The van der Waals surface area contributed by atoms with Gasteiger partial charge in [0, 0.05) is 70.3 Å². The van der Waals surface area contributed by atoms with Crippen molar-refractivity contribution in [3.63, 3.8) is 0 Å². The summed E-state index contributed by atoms with van der Waals surface area (Å²) in [6.07, 6.45) is 4.30. The number of benzene rings is 2. The fourth-order valence-corrected chi connectivity index (χ4v) is 4.71. The molecule has 0 saturated heterocycles. The Kier molecular flexibility index (Phi) is 6.84. The number of likely N-dealkylation sites (N-methyl/N-ethyl adjacent to an activating group) is 2. The molecule has 2 aromatic heterocycles. The summed E-state index contributed by atoms with van der Waals surface area (Å²) in [7, 11) is 0.824. The molecule has 0 radical (unpaired) electrons. The van der Waals surface area contributed by atoms with Gasteiger partial charge < -0.3 is 33.9 Å². The van der Waals surface area contributed by atoms with E-state index >= 15 is 0 Å². The molecule has 0 spiro atoms. The average molecular weight is 600 g/mol. The van der Waals surface area contributed by atoms with E-state index in [1.807, 2.05) is 42.1 Å². The van der Waals surface area contributed by atoms with E-state index in [0.29, 0.717) is 16.3 Å². The second kappa shape index (κ2) is 12.5. The lowest BCUT2D eigenvalue weighted by molar-refractivity contribution is -0.114. The number of aryl methyl sites for hydroxylation is 1. The van der Waals surface area contributed by atoms with Crippen molar-refractivity contribution in [3.05, 3.63) is 67.2 Å². The third-order valence-electron chi connectivity index (χ3n) is 6.22. The number of methoxy groups -OCH3 is 1. The van der Waals surface area contributed by atoms with Crippen LogP contribution < -0.4 is 20.3 Å². The minimum Gasteiger partial charge on any atom is -0.494 e. The van der Waals surface area contributed by atoms with Crippen LogP contribution >= 0.6 is 0 Å². The molecule has 0 aliphatic carbocycles. The second-order valence-electron chi connectivity index (χ2n) is 9.37. The smallest absolute Gasteiger partial charge is 0.306 e. The van der Waals surface area contributed by atoms with Gasteiger partial charge in [-0.25, -0.2) is 9.97 Å². The molecular weight excluding hydrogens is 558 g/mol. The molecule has 2 aromatic carbocycles. The van der Waals surface area contributed by atoms with Gasteiger partial charge in [0.05, 0.1) is 36.1 Å². The first-order valence-electron chi connectivity index (χ1n) is 15.5. The lowest BCUT2D eigenvalue weighted by atomic mass is 10.1. The molecule has 0 atom stereocenters. The summed E-state index contributed by atoms with van der Waals surface area (Å²) < 4.78 is 81.5. The van der Waals surface area contributed by atoms with E-state index in [-0.39, 0.29) is 29.6 Å². The Morgan fingerprint density at radius 1 is 1.17 bits per heavy atom. The first kappa shape index (κ1) is 23.0. The number of amides is 1. The highest BCUT2D eigenvalue weighted by Gasteiger charge is 2.20. The van der Waals surface area contributed by atoms with Gasteiger partial charge >= 0.3 is 10.1 Å². The van der Waals surface area contributed by atoms with Crippen molar-refractivity contribution in [2.75, 3.05) is 63.0 Å². The van der Waals surface area contributed by atoms with E-state index < -0.39 is 42.3 Å². The molecule has 222 valence electrons. The third-order valence-corrected chi connectivity index (χ3v) is 6.72. The SMILES string of the molecule is [2H]C([2H])([2H])N(CCN(C)c1cc(OC)c(Nc2nccc(-c3cn(C)c4ccccc34)n2)cc1NC(=O)C(=C)OS(C)(=O)=O)C([2H])([2H])[2H]. The van der Waals surface area contributed by atoms with E-state index in [0.717, 1.165) is 22.7 Å². The van der Waals surface area contributed by atoms with Crippen LogP contribution in [-0.4, -0.2) is 81.2 Å². The summed E-state index contributed by atoms with van der Waals surface area (Å²) in [6.45, 7) is -2.95. The van der Waals surface area contributed by atoms with E-state index in [2.05, 4.69) is 31.4 Å². The molecule has 4 aromatic rings. The molecule has 1 amide bonds. The van der Waals surface area contributed by atoms with Crippen molar-refractivity contribution in [3.8, 4) is 17.0 Å². The normalized spacial score (nSPS) is 14.1. The maximum Gasteiger partial charge on any atom is 0.306 e. The Bertz CT molecular complexity index is 1930. The minimum atomic E-state index is -4.07. The lowest BCUT2D eigenvalue weighted by Crippen LogP contribution is -2.29. The molecule has 0 bridgehead atoms. The average Bonchev–Trinajstić information content (AvgIpc) is 3.31. The maximum atomic E-state index is 13.0. The summed E-state index contributed by atoms with van der Waals surface area (Å²) in [5.74, 6) is -1.26. The Morgan fingerprint density at radius 3 is 2.64 bits per heavy atom. The van der Waals surface area contributed by atoms with E-state index in [1.54, 1.807) is 19.3 Å². The van der Waals surface area contributed by atoms with Gasteiger partial charge in [0.25, 0.3) is 5.91 Å². The molecule has 0 fully saturated rings. The van der Waals surface area contributed by atoms with Gasteiger partial charge in [0.15, 0.2) is 5.76 Å². The van der Waals surface area contributed by atoms with Crippen LogP contribution in [0.4, 0.5) is 23.0 Å². The van der Waals surface area contributed by atoms with Gasteiger partial charge in [-0.1, -0.05) is 18.2 Å². The standard InChI is InChI=1S/C29H35N7O5S/c1-19(41-42(7,38)39)28(37)31-23-16-24(27(40-6)17-26(23)35(4)15-14-34(2)3)33-29-30-13-12-22(32-29)21-18-36(5)25-11-9-8-10-20(21)25/h8-13,16-18H,1,14-15H2,2-7H3,(H,31,37)(H,30,32,33)/i2D3,3D3. The molecule has 0 saturated carbocycles. The van der Waals surface area contributed by atoms with Gasteiger partial charge in [-0.15, -0.1) is 0 Å². The summed E-state index contributed by atoms with van der Waals surface area (Å²) in [4.78, 5) is 23.9. The first-order chi connectivity index (χ1) is 22.3. The number of carbonyl (C=O) groups is 1. The van der Waals surface area contributed by atoms with Gasteiger partial charge in [0.2, 0.25) is 5.95 Å². The summed E-state index contributed by atoms with van der Waals surface area (Å²) in [5.41, 5.74) is 3.17. The number of rotatable bonds is 12. The predicted molar refractivity (Wildman–Crippen MR) is 166 cm³/mol. The van der Waals surface area contributed by atoms with Crippen molar-refractivity contribution < 1.29 is 30.4 Å². The molecule has 12 nitrogen and oxygen atoms in total. The van der Waals surface area contributed by atoms with E-state index in [4.69, 9.17) is 13.0 Å². The number of hydrogen-bond acceptors (Lipinski definition) is 10. The number of carbonyl (C=O) groups excluding carboxylic acids is 1. The number of nitrogens with zero attached hydrogens (tertiary/aromatic N) is 5. The maximum absolute atomic E-state index is 13.0. The van der Waals surface area contributed by atoms with E-state index in [1.165, 1.54) is 24.1 Å². The van der Waals surface area contributed by atoms with Crippen LogP contribution in [0.25, 0.3) is 22.2 Å². The number of anilines is 4. The third kappa shape index (κ3) is 7.17. The Hall–Kier alpha value is -4.62. The molecule has 2 heterocycles. The molecule has 13 heteroatoms. The van der Waals surface area contributed by atoms with Crippen LogP contribution in [-0.2, 0) is 26.1 Å². The highest BCUT2D eigenvalue weighted by atomic mass is 32.2. The fourth-order valence-electron chi connectivity index (χ4n) is 4.27. The van der Waals surface area contributed by atoms with Crippen molar-refractivity contribution in [2.24, 2.45) is 7.05 Å². The largest absolute Gasteiger partial charge is 0.494 e. The Labute approximate surface area is 254 Å². The van der Waals surface area contributed by atoms with Crippen LogP contribution in [0.2, 0.25) is 0 Å². The van der Waals surface area contributed by atoms with Crippen LogP contribution in [0.1, 0.15) is 8.22 Å². The number of ether oxygens (including phenoxy) is 1. The summed E-state index contributed by atoms with van der Waals surface area (Å²) in [6, 6.07) is 12.6. The molecule has 0 unspecified atom stereocenters. The summed E-state index contributed by atoms with van der Waals surface area (Å²) >= 11 is 0. The van der Waals surface area contributed by atoms with Gasteiger partial charge in [-0.05, 0) is 38.7 Å². The quantitative estimate of drug-likeness (QED) is 0.141. The molecule has 42 heavy (non-hydrogen) atoms. The highest BCUT2D eigenvalue weighted by Crippen LogP contribution is 2.38. The van der Waals surface area contributed by atoms with Gasteiger partial charge in [0.1, 0.15) is 5.75 Å². The highest BCUT2D eigenvalue weighted by molar-refractivity contribution is 7.86. The van der Waals surface area contributed by atoms with Crippen LogP contribution in [0.3, 0.4) is 0 Å². The number of para-hydroxylation sites is 1. The molecule has 2 N–H and O–H groups in total. The monoisotopic (exact) mass is 599 g/mol. The second-order valence-corrected chi connectivity index (χ2v) is 10.9. The molecule has 0 aliphatic heterocycles. The topological polar surface area (TPSA) is 131 Å². The number of fused-ring (bicyclic) bond motifs is 1. The van der Waals surface area contributed by atoms with Crippen LogP contribution in [0.5, 0.6) is 5.75 Å². The number of hydrogen-bond donors (Lipinski definition) is 2. The zero-order valence-corrected chi connectivity index (χ0v) is 24.3. The Balaban J connectivity index is 1.72. The minimum absolute atomic E-state index is 0.0866. The zero-order valence-electron chi connectivity index (χ0n) is 29.5. The Morgan fingerprint density at radius 2 is 1.93 bits per heavy atom. The molecule has 0 aliphatic rings. The van der Waals surface area contributed by atoms with E-state index in [9.17, 15) is 13.2 Å². The van der Waals surface area contributed by atoms with Gasteiger partial charge in [-0.2, -0.15) is 8.42 Å². The van der Waals surface area contributed by atoms with Gasteiger partial charge in [-0.3, -0.25) is 4.79 Å². The predicted octanol–water partition coefficient (Wildman–Crippen LogP) is 3.81.